The molecular weight excluding hydrogens is 238 g/mol. The standard InChI is InChI=1S/C15H31N3O/c1-11(2)13-15(19)18(14(16-13)12(3)4)10-8-7-9-17(5)6/h11-14,16H,7-10H2,1-6H3. The Hall–Kier alpha value is -0.610. The maximum absolute atomic E-state index is 12.4. The van der Waals surface area contributed by atoms with Crippen LogP contribution >= 0.6 is 0 Å². The third-order valence-electron chi connectivity index (χ3n) is 3.79. The lowest BCUT2D eigenvalue weighted by Crippen LogP contribution is -2.42. The number of hydrogen-bond acceptors (Lipinski definition) is 3. The molecule has 0 saturated carbocycles. The normalized spacial score (nSPS) is 24.3. The molecule has 19 heavy (non-hydrogen) atoms. The van der Waals surface area contributed by atoms with Crippen molar-refractivity contribution in [2.24, 2.45) is 11.8 Å². The largest absolute Gasteiger partial charge is 0.326 e. The second-order valence-corrected chi connectivity index (χ2v) is 6.62. The highest BCUT2D eigenvalue weighted by atomic mass is 16.2. The van der Waals surface area contributed by atoms with Gasteiger partial charge < -0.3 is 9.80 Å². The summed E-state index contributed by atoms with van der Waals surface area (Å²) in [5.74, 6) is 1.11. The van der Waals surface area contributed by atoms with Crippen LogP contribution in [0.2, 0.25) is 0 Å². The van der Waals surface area contributed by atoms with Gasteiger partial charge >= 0.3 is 0 Å². The second kappa shape index (κ2) is 7.25. The molecule has 1 saturated heterocycles. The van der Waals surface area contributed by atoms with Crippen molar-refractivity contribution in [2.45, 2.75) is 52.7 Å². The lowest BCUT2D eigenvalue weighted by Gasteiger charge is -2.27. The zero-order valence-electron chi connectivity index (χ0n) is 13.4. The summed E-state index contributed by atoms with van der Waals surface area (Å²) in [4.78, 5) is 16.7. The van der Waals surface area contributed by atoms with Gasteiger partial charge in [0.25, 0.3) is 0 Å². The molecule has 1 rings (SSSR count). The van der Waals surface area contributed by atoms with Gasteiger partial charge in [0.1, 0.15) is 0 Å². The summed E-state index contributed by atoms with van der Waals surface area (Å²) in [6, 6.07) is 0.00116. The lowest BCUT2D eigenvalue weighted by molar-refractivity contribution is -0.131. The molecular formula is C15H31N3O. The van der Waals surface area contributed by atoms with Crippen molar-refractivity contribution in [1.29, 1.82) is 0 Å². The molecule has 1 amide bonds. The monoisotopic (exact) mass is 269 g/mol. The Kier molecular flexibility index (Phi) is 6.27. The van der Waals surface area contributed by atoms with Crippen molar-refractivity contribution < 1.29 is 4.79 Å². The Labute approximate surface area is 118 Å². The second-order valence-electron chi connectivity index (χ2n) is 6.62. The molecule has 0 aromatic carbocycles. The van der Waals surface area contributed by atoms with Gasteiger partial charge in [-0.25, -0.2) is 0 Å². The minimum Gasteiger partial charge on any atom is -0.326 e. The number of amides is 1. The van der Waals surface area contributed by atoms with Gasteiger partial charge in [0.15, 0.2) is 0 Å². The van der Waals surface area contributed by atoms with Crippen LogP contribution < -0.4 is 5.32 Å². The predicted octanol–water partition coefficient (Wildman–Crippen LogP) is 1.77. The summed E-state index contributed by atoms with van der Waals surface area (Å²) in [5.41, 5.74) is 0. The van der Waals surface area contributed by atoms with E-state index in [9.17, 15) is 4.79 Å². The summed E-state index contributed by atoms with van der Waals surface area (Å²) in [6.45, 7) is 10.6. The van der Waals surface area contributed by atoms with Crippen molar-refractivity contribution in [2.75, 3.05) is 27.2 Å². The topological polar surface area (TPSA) is 35.6 Å². The number of nitrogens with one attached hydrogen (secondary N) is 1. The number of carbonyl (C=O) groups excluding carboxylic acids is 1. The fourth-order valence-electron chi connectivity index (χ4n) is 2.65. The minimum atomic E-state index is 0.00116. The van der Waals surface area contributed by atoms with E-state index in [1.165, 1.54) is 0 Å². The van der Waals surface area contributed by atoms with E-state index in [-0.39, 0.29) is 12.2 Å². The van der Waals surface area contributed by atoms with Crippen LogP contribution in [0.5, 0.6) is 0 Å². The molecule has 0 aromatic rings. The maximum Gasteiger partial charge on any atom is 0.241 e. The van der Waals surface area contributed by atoms with Gasteiger partial charge in [-0.2, -0.15) is 0 Å². The molecule has 1 N–H and O–H groups in total. The fourth-order valence-corrected chi connectivity index (χ4v) is 2.65. The predicted molar refractivity (Wildman–Crippen MR) is 79.9 cm³/mol. The number of carbonyl (C=O) groups is 1. The third kappa shape index (κ3) is 4.46. The summed E-state index contributed by atoms with van der Waals surface area (Å²) in [7, 11) is 4.18. The zero-order valence-corrected chi connectivity index (χ0v) is 13.4. The summed E-state index contributed by atoms with van der Waals surface area (Å²) in [5, 5.41) is 3.51. The molecule has 4 heteroatoms. The van der Waals surface area contributed by atoms with Crippen LogP contribution in [-0.4, -0.2) is 55.1 Å². The first-order chi connectivity index (χ1) is 8.84. The number of hydrogen-bond donors (Lipinski definition) is 1. The van der Waals surface area contributed by atoms with Crippen LogP contribution in [0.4, 0.5) is 0 Å². The van der Waals surface area contributed by atoms with Crippen LogP contribution in [0.15, 0.2) is 0 Å². The van der Waals surface area contributed by atoms with Crippen molar-refractivity contribution in [1.82, 2.24) is 15.1 Å². The highest BCUT2D eigenvalue weighted by molar-refractivity contribution is 5.84. The van der Waals surface area contributed by atoms with E-state index in [1.54, 1.807) is 0 Å². The maximum atomic E-state index is 12.4. The number of rotatable bonds is 7. The van der Waals surface area contributed by atoms with Gasteiger partial charge in [-0.05, 0) is 45.3 Å². The van der Waals surface area contributed by atoms with Gasteiger partial charge in [-0.3, -0.25) is 10.1 Å². The molecule has 0 bridgehead atoms. The lowest BCUT2D eigenvalue weighted by atomic mass is 10.0. The minimum absolute atomic E-state index is 0.00116. The summed E-state index contributed by atoms with van der Waals surface area (Å²) < 4.78 is 0. The molecule has 4 nitrogen and oxygen atoms in total. The van der Waals surface area contributed by atoms with Crippen molar-refractivity contribution in [3.63, 3.8) is 0 Å². The molecule has 2 unspecified atom stereocenters. The molecule has 0 radical (unpaired) electrons. The van der Waals surface area contributed by atoms with Crippen molar-refractivity contribution >= 4 is 5.91 Å². The molecule has 1 aliphatic rings. The molecule has 0 aliphatic carbocycles. The van der Waals surface area contributed by atoms with E-state index in [2.05, 4.69) is 56.9 Å². The number of nitrogens with zero attached hydrogens (tertiary/aromatic N) is 2. The molecule has 0 spiro atoms. The molecule has 1 heterocycles. The Balaban J connectivity index is 2.54. The fraction of sp³-hybridized carbons (Fsp3) is 0.933. The summed E-state index contributed by atoms with van der Waals surface area (Å²) in [6.07, 6.45) is 2.44. The van der Waals surface area contributed by atoms with Gasteiger partial charge in [-0.15, -0.1) is 0 Å². The highest BCUT2D eigenvalue weighted by Crippen LogP contribution is 2.22. The average molecular weight is 269 g/mol. The smallest absolute Gasteiger partial charge is 0.241 e. The Morgan fingerprint density at radius 1 is 1.16 bits per heavy atom. The highest BCUT2D eigenvalue weighted by Gasteiger charge is 2.40. The van der Waals surface area contributed by atoms with E-state index in [0.29, 0.717) is 17.7 Å². The van der Waals surface area contributed by atoms with E-state index in [0.717, 1.165) is 25.9 Å². The van der Waals surface area contributed by atoms with Crippen molar-refractivity contribution in [3.05, 3.63) is 0 Å². The Bertz CT molecular complexity index is 289. The zero-order chi connectivity index (χ0) is 14.6. The van der Waals surface area contributed by atoms with Crippen molar-refractivity contribution in [3.8, 4) is 0 Å². The molecule has 2 atom stereocenters. The average Bonchev–Trinajstić information content (AvgIpc) is 2.62. The van der Waals surface area contributed by atoms with E-state index in [1.807, 2.05) is 0 Å². The Morgan fingerprint density at radius 3 is 2.26 bits per heavy atom. The van der Waals surface area contributed by atoms with Crippen LogP contribution in [0.25, 0.3) is 0 Å². The SMILES string of the molecule is CC(C)C1NC(C(C)C)N(CCCCN(C)C)C1=O. The quantitative estimate of drug-likeness (QED) is 0.716. The van der Waals surface area contributed by atoms with E-state index < -0.39 is 0 Å². The van der Waals surface area contributed by atoms with E-state index in [4.69, 9.17) is 0 Å². The first kappa shape index (κ1) is 16.4. The molecule has 112 valence electrons. The summed E-state index contributed by atoms with van der Waals surface area (Å²) >= 11 is 0. The first-order valence-electron chi connectivity index (χ1n) is 7.55. The number of unbranched alkanes of at least 4 members (excludes halogenated alkanes) is 1. The van der Waals surface area contributed by atoms with Crippen LogP contribution in [-0.2, 0) is 4.79 Å². The van der Waals surface area contributed by atoms with Gasteiger partial charge in [0.2, 0.25) is 5.91 Å². The van der Waals surface area contributed by atoms with Crippen LogP contribution in [0.3, 0.4) is 0 Å². The van der Waals surface area contributed by atoms with Crippen LogP contribution in [0, 0.1) is 11.8 Å². The first-order valence-corrected chi connectivity index (χ1v) is 7.55. The third-order valence-corrected chi connectivity index (χ3v) is 3.79. The molecule has 0 aromatic heterocycles. The van der Waals surface area contributed by atoms with Crippen LogP contribution in [0.1, 0.15) is 40.5 Å². The molecule has 1 fully saturated rings. The Morgan fingerprint density at radius 2 is 1.79 bits per heavy atom. The van der Waals surface area contributed by atoms with Gasteiger partial charge in [0.05, 0.1) is 12.2 Å². The van der Waals surface area contributed by atoms with E-state index >= 15 is 0 Å². The van der Waals surface area contributed by atoms with Gasteiger partial charge in [-0.1, -0.05) is 27.7 Å². The van der Waals surface area contributed by atoms with Gasteiger partial charge in [0, 0.05) is 6.54 Å². The molecule has 1 aliphatic heterocycles.